The van der Waals surface area contributed by atoms with E-state index in [2.05, 4.69) is 25.3 Å². The molecule has 0 aliphatic carbocycles. The van der Waals surface area contributed by atoms with Crippen molar-refractivity contribution in [2.24, 2.45) is 20.0 Å². The Kier molecular flexibility index (Phi) is 2.54. The zero-order valence-corrected chi connectivity index (χ0v) is 7.99. The van der Waals surface area contributed by atoms with Gasteiger partial charge in [-0.1, -0.05) is 0 Å². The summed E-state index contributed by atoms with van der Waals surface area (Å²) >= 11 is 0. The van der Waals surface area contributed by atoms with E-state index in [0.717, 1.165) is 0 Å². The molecule has 2 aliphatic heterocycles. The number of fused-ring (bicyclic) bond motifs is 1. The highest BCUT2D eigenvalue weighted by Crippen LogP contribution is 2.07. The Morgan fingerprint density at radius 1 is 1.38 bits per heavy atom. The van der Waals surface area contributed by atoms with E-state index in [9.17, 15) is 9.59 Å². The Labute approximate surface area is 89.5 Å². The highest BCUT2D eigenvalue weighted by molar-refractivity contribution is 6.52. The Hall–Kier alpha value is -2.38. The number of aliphatic imine (C=N–C) groups is 4. The third-order valence-corrected chi connectivity index (χ3v) is 1.92. The second-order valence-corrected chi connectivity index (χ2v) is 2.99. The molecule has 0 saturated carbocycles. The smallest absolute Gasteiger partial charge is 0.322 e. The quantitative estimate of drug-likeness (QED) is 0.602. The van der Waals surface area contributed by atoms with Crippen LogP contribution in [0, 0.1) is 0 Å². The summed E-state index contributed by atoms with van der Waals surface area (Å²) in [5, 5.41) is 10.6. The van der Waals surface area contributed by atoms with Crippen LogP contribution in [0.3, 0.4) is 0 Å². The van der Waals surface area contributed by atoms with Gasteiger partial charge in [-0.05, 0) is 0 Å². The molecule has 2 aliphatic rings. The molecule has 1 atom stereocenters. The van der Waals surface area contributed by atoms with Crippen molar-refractivity contribution < 1.29 is 14.7 Å². The fraction of sp³-hybridized carbons (Fsp3) is 0.250. The fourth-order valence-corrected chi connectivity index (χ4v) is 1.24. The van der Waals surface area contributed by atoms with Crippen molar-refractivity contribution in [1.29, 1.82) is 0 Å². The van der Waals surface area contributed by atoms with Gasteiger partial charge >= 0.3 is 5.97 Å². The summed E-state index contributed by atoms with van der Waals surface area (Å²) in [5.41, 5.74) is 0.338. The van der Waals surface area contributed by atoms with Gasteiger partial charge in [-0.15, -0.1) is 0 Å². The average molecular weight is 221 g/mol. The minimum atomic E-state index is -1.12. The topological polar surface area (TPSA) is 116 Å². The molecule has 0 spiro atoms. The Morgan fingerprint density at radius 2 is 2.19 bits per heavy atom. The largest absolute Gasteiger partial charge is 0.480 e. The van der Waals surface area contributed by atoms with E-state index in [0.29, 0.717) is 11.5 Å². The first kappa shape index (κ1) is 10.1. The molecule has 8 nitrogen and oxygen atoms in total. The summed E-state index contributed by atoms with van der Waals surface area (Å²) in [5.74, 6) is -1.31. The minimum Gasteiger partial charge on any atom is -0.480 e. The zero-order valence-electron chi connectivity index (χ0n) is 7.99. The van der Waals surface area contributed by atoms with E-state index in [1.807, 2.05) is 0 Å². The number of carbonyl (C=O) groups excluding carboxylic acids is 1. The molecule has 82 valence electrons. The number of hydrogen-bond acceptors (Lipinski definition) is 6. The summed E-state index contributed by atoms with van der Waals surface area (Å²) < 4.78 is 0. The number of carbonyl (C=O) groups is 2. The lowest BCUT2D eigenvalue weighted by Gasteiger charge is -2.13. The van der Waals surface area contributed by atoms with Crippen molar-refractivity contribution in [3.05, 3.63) is 0 Å². The van der Waals surface area contributed by atoms with E-state index in [1.165, 1.54) is 12.7 Å². The van der Waals surface area contributed by atoms with E-state index < -0.39 is 24.5 Å². The van der Waals surface area contributed by atoms with Crippen LogP contribution in [0.4, 0.5) is 0 Å². The lowest BCUT2D eigenvalue weighted by atomic mass is 10.1. The minimum absolute atomic E-state index is 0.338. The molecule has 1 unspecified atom stereocenters. The monoisotopic (exact) mass is 221 g/mol. The lowest BCUT2D eigenvalue weighted by Crippen LogP contribution is -2.43. The average Bonchev–Trinajstić information content (AvgIpc) is 2.73. The van der Waals surface area contributed by atoms with Crippen LogP contribution in [0.1, 0.15) is 0 Å². The summed E-state index contributed by atoms with van der Waals surface area (Å²) in [6.07, 6.45) is 2.49. The van der Waals surface area contributed by atoms with E-state index in [4.69, 9.17) is 5.11 Å². The second-order valence-electron chi connectivity index (χ2n) is 2.99. The molecule has 0 aromatic heterocycles. The first-order valence-electron chi connectivity index (χ1n) is 4.38. The molecule has 1 amide bonds. The molecule has 2 rings (SSSR count). The summed E-state index contributed by atoms with van der Waals surface area (Å²) in [4.78, 5) is 37.2. The number of aliphatic carboxylic acids is 1. The predicted octanol–water partition coefficient (Wildman–Crippen LogP) is -1.52. The highest BCUT2D eigenvalue weighted by Gasteiger charge is 2.30. The third-order valence-electron chi connectivity index (χ3n) is 1.92. The van der Waals surface area contributed by atoms with Crippen molar-refractivity contribution >= 4 is 36.1 Å². The highest BCUT2D eigenvalue weighted by atomic mass is 16.4. The number of nitrogens with zero attached hydrogens (tertiary/aromatic N) is 4. The number of hydrogen-bond donors (Lipinski definition) is 2. The third kappa shape index (κ3) is 1.85. The van der Waals surface area contributed by atoms with Crippen LogP contribution < -0.4 is 5.32 Å². The standard InChI is InChI=1S/C8H7N5O3/c14-4(15)1-9-8(16)6-5-7(12-2-10-5)13-3-11-6/h2-3,6H,1H2,(H,9,16)(H,14,15). The van der Waals surface area contributed by atoms with Crippen LogP contribution in [-0.4, -0.2) is 53.8 Å². The maximum Gasteiger partial charge on any atom is 0.322 e. The number of amides is 1. The molecule has 2 N–H and O–H groups in total. The van der Waals surface area contributed by atoms with Crippen LogP contribution in [0.5, 0.6) is 0 Å². The van der Waals surface area contributed by atoms with Crippen molar-refractivity contribution in [3.8, 4) is 0 Å². The van der Waals surface area contributed by atoms with Crippen LogP contribution in [0.25, 0.3) is 0 Å². The van der Waals surface area contributed by atoms with E-state index in [-0.39, 0.29) is 0 Å². The van der Waals surface area contributed by atoms with E-state index in [1.54, 1.807) is 0 Å². The molecule has 0 radical (unpaired) electrons. The molecule has 0 saturated heterocycles. The maximum atomic E-state index is 11.6. The number of carboxylic acids is 1. The molecular weight excluding hydrogens is 214 g/mol. The molecule has 8 heteroatoms. The van der Waals surface area contributed by atoms with Gasteiger partial charge < -0.3 is 10.4 Å². The van der Waals surface area contributed by atoms with Gasteiger partial charge in [-0.3, -0.25) is 14.6 Å². The molecular formula is C8H7N5O3. The summed E-state index contributed by atoms with van der Waals surface area (Å²) in [6, 6.07) is -0.866. The maximum absolute atomic E-state index is 11.6. The van der Waals surface area contributed by atoms with Crippen molar-refractivity contribution in [3.63, 3.8) is 0 Å². The Bertz CT molecular complexity index is 462. The molecule has 0 fully saturated rings. The van der Waals surface area contributed by atoms with Gasteiger partial charge in [0.15, 0.2) is 11.9 Å². The van der Waals surface area contributed by atoms with Gasteiger partial charge in [0.2, 0.25) is 0 Å². The first-order valence-corrected chi connectivity index (χ1v) is 4.38. The molecule has 16 heavy (non-hydrogen) atoms. The van der Waals surface area contributed by atoms with Crippen LogP contribution in [0.15, 0.2) is 20.0 Å². The molecule has 2 heterocycles. The summed E-state index contributed by atoms with van der Waals surface area (Å²) in [7, 11) is 0. The molecule has 0 bridgehead atoms. The summed E-state index contributed by atoms with van der Waals surface area (Å²) in [6.45, 7) is -0.453. The van der Waals surface area contributed by atoms with Crippen molar-refractivity contribution in [1.82, 2.24) is 5.32 Å². The van der Waals surface area contributed by atoms with Crippen LogP contribution in [-0.2, 0) is 9.59 Å². The molecule has 0 aromatic carbocycles. The second kappa shape index (κ2) is 4.01. The van der Waals surface area contributed by atoms with Gasteiger partial charge in [0.25, 0.3) is 5.91 Å². The van der Waals surface area contributed by atoms with Gasteiger partial charge in [0.05, 0.1) is 0 Å². The number of amidine groups is 1. The van der Waals surface area contributed by atoms with Crippen LogP contribution in [0.2, 0.25) is 0 Å². The normalized spacial score (nSPS) is 21.1. The number of carboxylic acid groups (broad SMARTS) is 1. The lowest BCUT2D eigenvalue weighted by molar-refractivity contribution is -0.137. The van der Waals surface area contributed by atoms with E-state index >= 15 is 0 Å². The van der Waals surface area contributed by atoms with Crippen molar-refractivity contribution in [2.45, 2.75) is 6.04 Å². The fourth-order valence-electron chi connectivity index (χ4n) is 1.24. The Balaban J connectivity index is 2.06. The first-order chi connectivity index (χ1) is 7.68. The number of rotatable bonds is 3. The van der Waals surface area contributed by atoms with Gasteiger partial charge in [-0.25, -0.2) is 15.0 Å². The van der Waals surface area contributed by atoms with Crippen LogP contribution >= 0.6 is 0 Å². The van der Waals surface area contributed by atoms with Gasteiger partial charge in [0, 0.05) is 0 Å². The Morgan fingerprint density at radius 3 is 2.94 bits per heavy atom. The molecule has 0 aromatic rings. The van der Waals surface area contributed by atoms with Gasteiger partial charge in [-0.2, -0.15) is 0 Å². The van der Waals surface area contributed by atoms with Crippen molar-refractivity contribution in [2.75, 3.05) is 6.54 Å². The SMILES string of the molecule is O=C(O)CNC(=O)C1N=CN=C2N=CN=C21. The van der Waals surface area contributed by atoms with Gasteiger partial charge in [0.1, 0.15) is 24.9 Å². The zero-order chi connectivity index (χ0) is 11.5. The number of nitrogens with one attached hydrogen (secondary N) is 1. The predicted molar refractivity (Wildman–Crippen MR) is 56.3 cm³/mol.